The predicted molar refractivity (Wildman–Crippen MR) is 110 cm³/mol. The van der Waals surface area contributed by atoms with Crippen LogP contribution in [0.3, 0.4) is 0 Å². The molecule has 0 spiro atoms. The Labute approximate surface area is 163 Å². The fourth-order valence-corrected chi connectivity index (χ4v) is 4.47. The average Bonchev–Trinajstić information content (AvgIpc) is 3.29. The van der Waals surface area contributed by atoms with E-state index < -0.39 is 0 Å². The van der Waals surface area contributed by atoms with E-state index in [9.17, 15) is 0 Å². The lowest BCUT2D eigenvalue weighted by Gasteiger charge is -2.26. The summed E-state index contributed by atoms with van der Waals surface area (Å²) in [6.45, 7) is 8.42. The molecule has 3 N–H and O–H groups in total. The van der Waals surface area contributed by atoms with E-state index in [1.54, 1.807) is 22.7 Å². The number of morpholine rings is 1. The number of thiazole rings is 1. The fraction of sp³-hybridized carbons (Fsp3) is 0.556. The largest absolute Gasteiger partial charge is 0.379 e. The summed E-state index contributed by atoms with van der Waals surface area (Å²) >= 11 is 3.49. The van der Waals surface area contributed by atoms with E-state index in [2.05, 4.69) is 37.7 Å². The number of aliphatic imine (C=N–C) groups is 1. The zero-order valence-electron chi connectivity index (χ0n) is 15.2. The van der Waals surface area contributed by atoms with Crippen LogP contribution in [-0.2, 0) is 11.2 Å². The molecule has 142 valence electrons. The van der Waals surface area contributed by atoms with E-state index in [4.69, 9.17) is 10.5 Å². The first-order valence-corrected chi connectivity index (χ1v) is 10.8. The molecule has 3 heterocycles. The van der Waals surface area contributed by atoms with E-state index in [-0.39, 0.29) is 0 Å². The minimum Gasteiger partial charge on any atom is -0.379 e. The number of hydrogen-bond donors (Lipinski definition) is 2. The first-order chi connectivity index (χ1) is 12.7. The highest BCUT2D eigenvalue weighted by Crippen LogP contribution is 2.29. The smallest absolute Gasteiger partial charge is 0.188 e. The van der Waals surface area contributed by atoms with Crippen LogP contribution in [0.4, 0.5) is 0 Å². The molecule has 6 nitrogen and oxygen atoms in total. The van der Waals surface area contributed by atoms with Crippen molar-refractivity contribution in [3.63, 3.8) is 0 Å². The maximum atomic E-state index is 5.96. The van der Waals surface area contributed by atoms with Gasteiger partial charge in [-0.25, -0.2) is 4.98 Å². The van der Waals surface area contributed by atoms with Gasteiger partial charge in [-0.15, -0.1) is 22.7 Å². The Morgan fingerprint density at radius 2 is 2.23 bits per heavy atom. The molecule has 0 amide bonds. The molecule has 1 fully saturated rings. The monoisotopic (exact) mass is 393 g/mol. The van der Waals surface area contributed by atoms with E-state index in [1.807, 2.05) is 6.92 Å². The molecule has 2 aromatic heterocycles. The number of nitrogens with two attached hydrogens (primary N) is 1. The predicted octanol–water partition coefficient (Wildman–Crippen LogP) is 2.35. The molecular weight excluding hydrogens is 366 g/mol. The van der Waals surface area contributed by atoms with Crippen molar-refractivity contribution < 1.29 is 4.74 Å². The lowest BCUT2D eigenvalue weighted by Crippen LogP contribution is -2.37. The molecule has 0 aliphatic carbocycles. The molecule has 0 bridgehead atoms. The lowest BCUT2D eigenvalue weighted by atomic mass is 10.3. The third-order valence-electron chi connectivity index (χ3n) is 4.23. The molecule has 1 aliphatic rings. The van der Waals surface area contributed by atoms with Crippen molar-refractivity contribution in [3.05, 3.63) is 27.4 Å². The Kier molecular flexibility index (Phi) is 7.43. The van der Waals surface area contributed by atoms with E-state index >= 15 is 0 Å². The van der Waals surface area contributed by atoms with Crippen molar-refractivity contribution in [2.24, 2.45) is 10.7 Å². The van der Waals surface area contributed by atoms with Gasteiger partial charge in [0.2, 0.25) is 0 Å². The van der Waals surface area contributed by atoms with Crippen LogP contribution in [-0.4, -0.2) is 61.8 Å². The number of aryl methyl sites for hydroxylation is 1. The zero-order chi connectivity index (χ0) is 18.2. The van der Waals surface area contributed by atoms with Crippen LogP contribution in [0.5, 0.6) is 0 Å². The summed E-state index contributed by atoms with van der Waals surface area (Å²) in [6.07, 6.45) is 1.97. The normalized spacial score (nSPS) is 16.1. The van der Waals surface area contributed by atoms with Gasteiger partial charge in [-0.3, -0.25) is 9.89 Å². The number of nitrogens with zero attached hydrogens (tertiary/aromatic N) is 3. The van der Waals surface area contributed by atoms with Crippen molar-refractivity contribution in [1.29, 1.82) is 0 Å². The SMILES string of the molecule is Cc1nc(-c2ccc(CCNC(N)=NCCCN3CCOCC3)s2)cs1. The summed E-state index contributed by atoms with van der Waals surface area (Å²) < 4.78 is 5.35. The third kappa shape index (κ3) is 6.05. The van der Waals surface area contributed by atoms with Crippen molar-refractivity contribution in [1.82, 2.24) is 15.2 Å². The van der Waals surface area contributed by atoms with Crippen LogP contribution in [0.2, 0.25) is 0 Å². The van der Waals surface area contributed by atoms with E-state index in [1.165, 1.54) is 9.75 Å². The Morgan fingerprint density at radius 3 is 3.00 bits per heavy atom. The van der Waals surface area contributed by atoms with Crippen LogP contribution in [0.15, 0.2) is 22.5 Å². The van der Waals surface area contributed by atoms with Gasteiger partial charge in [0.1, 0.15) is 0 Å². The summed E-state index contributed by atoms with van der Waals surface area (Å²) in [5.41, 5.74) is 7.04. The van der Waals surface area contributed by atoms with Crippen LogP contribution in [0, 0.1) is 6.92 Å². The summed E-state index contributed by atoms with van der Waals surface area (Å²) in [5, 5.41) is 6.43. The number of ether oxygens (including phenoxy) is 1. The van der Waals surface area contributed by atoms with Crippen molar-refractivity contribution in [2.75, 3.05) is 45.9 Å². The van der Waals surface area contributed by atoms with Crippen LogP contribution >= 0.6 is 22.7 Å². The molecular formula is C18H27N5OS2. The minimum atomic E-state index is 0.541. The van der Waals surface area contributed by atoms with Gasteiger partial charge in [0, 0.05) is 43.0 Å². The Morgan fingerprint density at radius 1 is 1.38 bits per heavy atom. The van der Waals surface area contributed by atoms with Gasteiger partial charge < -0.3 is 15.8 Å². The summed E-state index contributed by atoms with van der Waals surface area (Å²) in [6, 6.07) is 4.32. The number of rotatable bonds is 8. The van der Waals surface area contributed by atoms with E-state index in [0.717, 1.165) is 69.5 Å². The topological polar surface area (TPSA) is 75.8 Å². The Bertz CT molecular complexity index is 706. The van der Waals surface area contributed by atoms with Gasteiger partial charge in [0.25, 0.3) is 0 Å². The highest BCUT2D eigenvalue weighted by atomic mass is 32.1. The van der Waals surface area contributed by atoms with Crippen molar-refractivity contribution in [2.45, 2.75) is 19.8 Å². The quantitative estimate of drug-likeness (QED) is 0.409. The molecule has 0 radical (unpaired) electrons. The van der Waals surface area contributed by atoms with Crippen molar-refractivity contribution in [3.8, 4) is 10.6 Å². The Balaban J connectivity index is 1.33. The van der Waals surface area contributed by atoms with E-state index in [0.29, 0.717) is 5.96 Å². The van der Waals surface area contributed by atoms with Crippen molar-refractivity contribution >= 4 is 28.6 Å². The maximum absolute atomic E-state index is 5.96. The number of nitrogens with one attached hydrogen (secondary N) is 1. The molecule has 0 aromatic carbocycles. The molecule has 8 heteroatoms. The molecule has 26 heavy (non-hydrogen) atoms. The van der Waals surface area contributed by atoms with Gasteiger partial charge in [-0.1, -0.05) is 0 Å². The van der Waals surface area contributed by atoms with Gasteiger partial charge >= 0.3 is 0 Å². The minimum absolute atomic E-state index is 0.541. The molecule has 0 atom stereocenters. The second kappa shape index (κ2) is 10.0. The second-order valence-electron chi connectivity index (χ2n) is 6.27. The van der Waals surface area contributed by atoms with Gasteiger partial charge in [0.05, 0.1) is 28.8 Å². The van der Waals surface area contributed by atoms with Crippen LogP contribution in [0.25, 0.3) is 10.6 Å². The Hall–Kier alpha value is -1.48. The highest BCUT2D eigenvalue weighted by Gasteiger charge is 2.09. The maximum Gasteiger partial charge on any atom is 0.188 e. The number of aromatic nitrogens is 1. The number of guanidine groups is 1. The standard InChI is InChI=1S/C18H27N5OS2/c1-14-22-16(13-25-14)17-4-3-15(26-17)5-7-21-18(19)20-6-2-8-23-9-11-24-12-10-23/h3-4,13H,2,5-12H2,1H3,(H3,19,20,21). The highest BCUT2D eigenvalue weighted by molar-refractivity contribution is 7.16. The summed E-state index contributed by atoms with van der Waals surface area (Å²) in [5.74, 6) is 0.541. The molecule has 0 saturated carbocycles. The molecule has 0 unspecified atom stereocenters. The fourth-order valence-electron chi connectivity index (χ4n) is 2.81. The summed E-state index contributed by atoms with van der Waals surface area (Å²) in [4.78, 5) is 13.9. The molecule has 1 saturated heterocycles. The number of hydrogen-bond acceptors (Lipinski definition) is 6. The first-order valence-electron chi connectivity index (χ1n) is 9.06. The summed E-state index contributed by atoms with van der Waals surface area (Å²) in [7, 11) is 0. The van der Waals surface area contributed by atoms with Crippen LogP contribution in [0.1, 0.15) is 16.3 Å². The lowest BCUT2D eigenvalue weighted by molar-refractivity contribution is 0.0377. The molecule has 1 aliphatic heterocycles. The molecule has 3 rings (SSSR count). The number of thiophene rings is 1. The first kappa shape index (κ1) is 19.3. The zero-order valence-corrected chi connectivity index (χ0v) is 16.9. The van der Waals surface area contributed by atoms with Gasteiger partial charge in [0.15, 0.2) is 5.96 Å². The average molecular weight is 394 g/mol. The molecule has 2 aromatic rings. The second-order valence-corrected chi connectivity index (χ2v) is 8.50. The van der Waals surface area contributed by atoms with Crippen LogP contribution < -0.4 is 11.1 Å². The van der Waals surface area contributed by atoms with Gasteiger partial charge in [-0.05, 0) is 31.9 Å². The van der Waals surface area contributed by atoms with Gasteiger partial charge in [-0.2, -0.15) is 0 Å². The third-order valence-corrected chi connectivity index (χ3v) is 6.17.